The first-order valence-corrected chi connectivity index (χ1v) is 6.56. The molecular weight excluding hydrogens is 226 g/mol. The van der Waals surface area contributed by atoms with Crippen molar-refractivity contribution in [3.05, 3.63) is 23.5 Å². The minimum absolute atomic E-state index is 0.0488. The van der Waals surface area contributed by atoms with Gasteiger partial charge >= 0.3 is 0 Å². The fourth-order valence-electron chi connectivity index (χ4n) is 2.57. The Kier molecular flexibility index (Phi) is 3.97. The quantitative estimate of drug-likeness (QED) is 0.841. The Bertz CT molecular complexity index is 424. The van der Waals surface area contributed by atoms with E-state index in [0.717, 1.165) is 42.6 Å². The lowest BCUT2D eigenvalue weighted by Crippen LogP contribution is -2.34. The molecule has 18 heavy (non-hydrogen) atoms. The molecule has 4 nitrogen and oxygen atoms in total. The zero-order chi connectivity index (χ0) is 13.1. The average molecular weight is 247 g/mol. The number of nitrogens with zero attached hydrogens (tertiary/aromatic N) is 1. The molecule has 1 aromatic rings. The van der Waals surface area contributed by atoms with Gasteiger partial charge in [0, 0.05) is 18.2 Å². The summed E-state index contributed by atoms with van der Waals surface area (Å²) in [6.45, 7) is 3.89. The molecule has 0 radical (unpaired) electrons. The molecule has 2 unspecified atom stereocenters. The van der Waals surface area contributed by atoms with Crippen LogP contribution in [-0.4, -0.2) is 16.9 Å². The van der Waals surface area contributed by atoms with Crippen LogP contribution in [0.1, 0.15) is 36.9 Å². The van der Waals surface area contributed by atoms with Crippen molar-refractivity contribution in [3.63, 3.8) is 0 Å². The van der Waals surface area contributed by atoms with E-state index in [-0.39, 0.29) is 17.9 Å². The lowest BCUT2D eigenvalue weighted by atomic mass is 9.85. The Morgan fingerprint density at radius 3 is 2.89 bits per heavy atom. The van der Waals surface area contributed by atoms with E-state index in [9.17, 15) is 4.79 Å². The number of nitrogens with two attached hydrogens (primary N) is 1. The van der Waals surface area contributed by atoms with E-state index in [1.807, 2.05) is 19.9 Å². The molecule has 2 rings (SSSR count). The molecule has 1 aliphatic rings. The van der Waals surface area contributed by atoms with Gasteiger partial charge in [-0.05, 0) is 44.7 Å². The van der Waals surface area contributed by atoms with Crippen molar-refractivity contribution in [1.82, 2.24) is 4.98 Å². The maximum absolute atomic E-state index is 12.2. The number of hydrogen-bond acceptors (Lipinski definition) is 3. The first kappa shape index (κ1) is 13.0. The minimum Gasteiger partial charge on any atom is -0.328 e. The number of anilines is 1. The van der Waals surface area contributed by atoms with Crippen LogP contribution < -0.4 is 11.1 Å². The van der Waals surface area contributed by atoms with Gasteiger partial charge in [0.15, 0.2) is 0 Å². The lowest BCUT2D eigenvalue weighted by molar-refractivity contribution is -0.120. The van der Waals surface area contributed by atoms with Crippen LogP contribution in [0.25, 0.3) is 0 Å². The number of aryl methyl sites for hydroxylation is 2. The Labute approximate surface area is 108 Å². The van der Waals surface area contributed by atoms with Crippen molar-refractivity contribution < 1.29 is 4.79 Å². The second kappa shape index (κ2) is 5.48. The van der Waals surface area contributed by atoms with E-state index in [1.165, 1.54) is 0 Å². The van der Waals surface area contributed by atoms with E-state index in [1.54, 1.807) is 6.20 Å². The second-order valence-electron chi connectivity index (χ2n) is 5.20. The van der Waals surface area contributed by atoms with E-state index in [4.69, 9.17) is 5.73 Å². The van der Waals surface area contributed by atoms with Gasteiger partial charge in [-0.2, -0.15) is 0 Å². The molecule has 1 aromatic heterocycles. The summed E-state index contributed by atoms with van der Waals surface area (Å²) in [6, 6.07) is 2.08. The normalized spacial score (nSPS) is 23.7. The fourth-order valence-corrected chi connectivity index (χ4v) is 2.57. The van der Waals surface area contributed by atoms with Crippen molar-refractivity contribution in [1.29, 1.82) is 0 Å². The lowest BCUT2D eigenvalue weighted by Gasteiger charge is -2.26. The molecule has 4 heteroatoms. The largest absolute Gasteiger partial charge is 0.328 e. The Balaban J connectivity index is 2.07. The summed E-state index contributed by atoms with van der Waals surface area (Å²) in [5, 5.41) is 3.01. The predicted octanol–water partition coefficient (Wildman–Crippen LogP) is 2.15. The molecule has 2 atom stereocenters. The third-order valence-corrected chi connectivity index (χ3v) is 3.68. The van der Waals surface area contributed by atoms with Gasteiger partial charge in [0.25, 0.3) is 0 Å². The molecule has 1 amide bonds. The smallest absolute Gasteiger partial charge is 0.227 e. The third-order valence-electron chi connectivity index (χ3n) is 3.68. The third kappa shape index (κ3) is 2.88. The van der Waals surface area contributed by atoms with Gasteiger partial charge in [0.05, 0.1) is 11.4 Å². The molecule has 1 aliphatic carbocycles. The molecule has 0 bridgehead atoms. The second-order valence-corrected chi connectivity index (χ2v) is 5.20. The summed E-state index contributed by atoms with van der Waals surface area (Å²) < 4.78 is 0. The minimum atomic E-state index is 0.0488. The molecule has 0 saturated heterocycles. The molecule has 0 aromatic carbocycles. The van der Waals surface area contributed by atoms with Crippen LogP contribution in [0.15, 0.2) is 12.3 Å². The first-order valence-electron chi connectivity index (χ1n) is 6.56. The monoisotopic (exact) mass is 247 g/mol. The number of pyridine rings is 1. The first-order chi connectivity index (χ1) is 8.58. The number of aromatic nitrogens is 1. The van der Waals surface area contributed by atoms with E-state index >= 15 is 0 Å². The summed E-state index contributed by atoms with van der Waals surface area (Å²) >= 11 is 0. The number of amides is 1. The van der Waals surface area contributed by atoms with Crippen molar-refractivity contribution in [2.75, 3.05) is 5.32 Å². The number of nitrogens with one attached hydrogen (secondary N) is 1. The molecule has 1 fully saturated rings. The highest BCUT2D eigenvalue weighted by Crippen LogP contribution is 2.25. The summed E-state index contributed by atoms with van der Waals surface area (Å²) in [7, 11) is 0. The van der Waals surface area contributed by atoms with Gasteiger partial charge in [-0.15, -0.1) is 0 Å². The number of carbonyl (C=O) groups is 1. The van der Waals surface area contributed by atoms with Crippen LogP contribution in [0, 0.1) is 19.8 Å². The standard InChI is InChI=1S/C14H21N3O/c1-9-6-7-16-10(2)13(9)17-14(18)11-4-3-5-12(15)8-11/h6-7,11-12H,3-5,8,15H2,1-2H3,(H,17,18). The van der Waals surface area contributed by atoms with Crippen LogP contribution in [0.2, 0.25) is 0 Å². The topological polar surface area (TPSA) is 68.0 Å². The van der Waals surface area contributed by atoms with Gasteiger partial charge in [0.2, 0.25) is 5.91 Å². The van der Waals surface area contributed by atoms with Crippen LogP contribution in [-0.2, 0) is 4.79 Å². The van der Waals surface area contributed by atoms with E-state index in [2.05, 4.69) is 10.3 Å². The number of hydrogen-bond donors (Lipinski definition) is 2. The van der Waals surface area contributed by atoms with Gasteiger partial charge < -0.3 is 11.1 Å². The van der Waals surface area contributed by atoms with Crippen molar-refractivity contribution in [2.24, 2.45) is 11.7 Å². The molecule has 1 heterocycles. The summed E-state index contributed by atoms with van der Waals surface area (Å²) in [5.74, 6) is 0.136. The molecular formula is C14H21N3O. The van der Waals surface area contributed by atoms with E-state index in [0.29, 0.717) is 0 Å². The van der Waals surface area contributed by atoms with Crippen molar-refractivity contribution in [3.8, 4) is 0 Å². The van der Waals surface area contributed by atoms with Crippen molar-refractivity contribution in [2.45, 2.75) is 45.6 Å². The fraction of sp³-hybridized carbons (Fsp3) is 0.571. The average Bonchev–Trinajstić information content (AvgIpc) is 2.34. The summed E-state index contributed by atoms with van der Waals surface area (Å²) in [4.78, 5) is 16.4. The van der Waals surface area contributed by atoms with Crippen molar-refractivity contribution >= 4 is 11.6 Å². The van der Waals surface area contributed by atoms with E-state index < -0.39 is 0 Å². The van der Waals surface area contributed by atoms with Crippen LogP contribution in [0.4, 0.5) is 5.69 Å². The molecule has 98 valence electrons. The molecule has 1 saturated carbocycles. The SMILES string of the molecule is Cc1ccnc(C)c1NC(=O)C1CCCC(N)C1. The zero-order valence-corrected chi connectivity index (χ0v) is 11.1. The van der Waals surface area contributed by atoms with Gasteiger partial charge in [0.1, 0.15) is 0 Å². The predicted molar refractivity (Wildman–Crippen MR) is 72.3 cm³/mol. The molecule has 3 N–H and O–H groups in total. The summed E-state index contributed by atoms with van der Waals surface area (Å²) in [5.41, 5.74) is 8.69. The number of carbonyl (C=O) groups excluding carboxylic acids is 1. The molecule has 0 aliphatic heterocycles. The van der Waals surface area contributed by atoms with Crippen LogP contribution in [0.5, 0.6) is 0 Å². The number of rotatable bonds is 2. The Morgan fingerprint density at radius 2 is 2.22 bits per heavy atom. The maximum Gasteiger partial charge on any atom is 0.227 e. The zero-order valence-electron chi connectivity index (χ0n) is 11.1. The van der Waals surface area contributed by atoms with Gasteiger partial charge in [-0.3, -0.25) is 9.78 Å². The Morgan fingerprint density at radius 1 is 1.44 bits per heavy atom. The maximum atomic E-state index is 12.2. The highest BCUT2D eigenvalue weighted by atomic mass is 16.1. The van der Waals surface area contributed by atoms with Gasteiger partial charge in [-0.1, -0.05) is 6.42 Å². The van der Waals surface area contributed by atoms with Crippen LogP contribution in [0.3, 0.4) is 0 Å². The highest BCUT2D eigenvalue weighted by molar-refractivity contribution is 5.93. The van der Waals surface area contributed by atoms with Gasteiger partial charge in [-0.25, -0.2) is 0 Å². The highest BCUT2D eigenvalue weighted by Gasteiger charge is 2.25. The Hall–Kier alpha value is -1.42. The molecule has 0 spiro atoms. The summed E-state index contributed by atoms with van der Waals surface area (Å²) in [6.07, 6.45) is 5.58. The van der Waals surface area contributed by atoms with Crippen LogP contribution >= 0.6 is 0 Å².